The average Bonchev–Trinajstić information content (AvgIpc) is 3.31. The maximum absolute atomic E-state index is 12.3. The van der Waals surface area contributed by atoms with E-state index >= 15 is 0 Å². The van der Waals surface area contributed by atoms with Gasteiger partial charge in [-0.2, -0.15) is 0 Å². The molecule has 34 heavy (non-hydrogen) atoms. The standard InChI is InChI=1S/C16H16ClNO2S.C6H12O7/c1-20-16(19)15(12-4-2-3-5-13(12)17)18-8-6-14-11(10-18)7-9-21-14;7-1-2(8)3(9)4(10)5(11)6(12)13/h2-5,7,9,15H,6,8,10H2,1H3;2-5,7-11H,1H2,(H,12,13)/t15-;/m1./s1. The molecule has 1 aromatic heterocycles. The number of methoxy groups -OCH3 is 1. The Balaban J connectivity index is 0.000000273. The predicted molar refractivity (Wildman–Crippen MR) is 123 cm³/mol. The van der Waals surface area contributed by atoms with Crippen LogP contribution in [-0.2, 0) is 27.3 Å². The van der Waals surface area contributed by atoms with Crippen molar-refractivity contribution in [2.24, 2.45) is 0 Å². The lowest BCUT2D eigenvalue weighted by Gasteiger charge is -2.33. The van der Waals surface area contributed by atoms with Gasteiger partial charge in [0.05, 0.1) is 13.7 Å². The highest BCUT2D eigenvalue weighted by Crippen LogP contribution is 2.33. The van der Waals surface area contributed by atoms with E-state index in [2.05, 4.69) is 16.3 Å². The molecule has 1 aliphatic rings. The number of carbonyl (C=O) groups is 2. The molecule has 1 aromatic carbocycles. The Morgan fingerprint density at radius 2 is 1.82 bits per heavy atom. The molecule has 4 unspecified atom stereocenters. The molecule has 3 rings (SSSR count). The summed E-state index contributed by atoms with van der Waals surface area (Å²) in [5.74, 6) is -1.99. The minimum atomic E-state index is -2.20. The highest BCUT2D eigenvalue weighted by atomic mass is 35.5. The molecule has 0 fully saturated rings. The van der Waals surface area contributed by atoms with Gasteiger partial charge in [0, 0.05) is 23.0 Å². The maximum Gasteiger partial charge on any atom is 0.335 e. The molecular weight excluding hydrogens is 490 g/mol. The summed E-state index contributed by atoms with van der Waals surface area (Å²) in [5.41, 5.74) is 2.11. The zero-order chi connectivity index (χ0) is 25.4. The third-order valence-electron chi connectivity index (χ3n) is 5.33. The first kappa shape index (κ1) is 28.1. The highest BCUT2D eigenvalue weighted by molar-refractivity contribution is 7.10. The van der Waals surface area contributed by atoms with Crippen molar-refractivity contribution in [3.05, 3.63) is 56.7 Å². The van der Waals surface area contributed by atoms with Crippen molar-refractivity contribution in [2.45, 2.75) is 43.4 Å². The van der Waals surface area contributed by atoms with Crippen LogP contribution in [0.15, 0.2) is 35.7 Å². The van der Waals surface area contributed by atoms with Crippen molar-refractivity contribution in [1.82, 2.24) is 4.90 Å². The number of ether oxygens (including phenoxy) is 1. The average molecular weight is 518 g/mol. The topological polar surface area (TPSA) is 168 Å². The van der Waals surface area contributed by atoms with E-state index in [1.807, 2.05) is 24.3 Å². The van der Waals surface area contributed by atoms with Crippen molar-refractivity contribution in [2.75, 3.05) is 20.3 Å². The lowest BCUT2D eigenvalue weighted by molar-refractivity contribution is -0.164. The Morgan fingerprint density at radius 1 is 1.15 bits per heavy atom. The molecule has 10 nitrogen and oxygen atoms in total. The van der Waals surface area contributed by atoms with E-state index < -0.39 is 43.0 Å². The Kier molecular flexibility index (Phi) is 10.9. The molecule has 0 amide bonds. The second-order valence-electron chi connectivity index (χ2n) is 7.55. The Hall–Kier alpha value is -2.09. The smallest absolute Gasteiger partial charge is 0.335 e. The molecule has 1 aliphatic heterocycles. The van der Waals surface area contributed by atoms with Gasteiger partial charge in [-0.1, -0.05) is 29.8 Å². The van der Waals surface area contributed by atoms with Gasteiger partial charge in [-0.3, -0.25) is 4.90 Å². The Bertz CT molecular complexity index is 956. The van der Waals surface area contributed by atoms with Gasteiger partial charge in [0.1, 0.15) is 24.4 Å². The van der Waals surface area contributed by atoms with Crippen LogP contribution in [0.3, 0.4) is 0 Å². The summed E-state index contributed by atoms with van der Waals surface area (Å²) >= 11 is 8.07. The molecule has 2 heterocycles. The SMILES string of the molecule is COC(=O)[C@@H](c1ccccc1Cl)N1CCc2sccc2C1.O=C(O)C(O)C(O)C(O)C(O)CO. The van der Waals surface area contributed by atoms with E-state index in [-0.39, 0.29) is 5.97 Å². The minimum Gasteiger partial charge on any atom is -0.479 e. The van der Waals surface area contributed by atoms with Gasteiger partial charge < -0.3 is 35.4 Å². The molecule has 188 valence electrons. The normalized spacial score (nSPS) is 17.9. The quantitative estimate of drug-likeness (QED) is 0.266. The zero-order valence-electron chi connectivity index (χ0n) is 18.3. The van der Waals surface area contributed by atoms with E-state index in [9.17, 15) is 9.59 Å². The van der Waals surface area contributed by atoms with Gasteiger partial charge in [0.15, 0.2) is 6.10 Å². The number of fused-ring (bicyclic) bond motifs is 1. The summed E-state index contributed by atoms with van der Waals surface area (Å²) in [4.78, 5) is 25.9. The largest absolute Gasteiger partial charge is 0.479 e. The highest BCUT2D eigenvalue weighted by Gasteiger charge is 2.34. The maximum atomic E-state index is 12.3. The fraction of sp³-hybridized carbons (Fsp3) is 0.455. The number of hydrogen-bond acceptors (Lipinski definition) is 10. The number of nitrogens with zero attached hydrogens (tertiary/aromatic N) is 1. The number of carboxylic acid groups (broad SMARTS) is 1. The van der Waals surface area contributed by atoms with Crippen LogP contribution in [0.2, 0.25) is 5.02 Å². The van der Waals surface area contributed by atoms with Crippen molar-refractivity contribution in [1.29, 1.82) is 0 Å². The number of aliphatic hydroxyl groups excluding tert-OH is 5. The van der Waals surface area contributed by atoms with Crippen molar-refractivity contribution >= 4 is 34.9 Å². The minimum absolute atomic E-state index is 0.262. The number of rotatable bonds is 8. The molecule has 6 N–H and O–H groups in total. The molecular formula is C22H28ClNO9S. The lowest BCUT2D eigenvalue weighted by Crippen LogP contribution is -2.48. The van der Waals surface area contributed by atoms with Crippen LogP contribution in [0.1, 0.15) is 22.0 Å². The number of esters is 1. The van der Waals surface area contributed by atoms with Gasteiger partial charge in [0.25, 0.3) is 0 Å². The summed E-state index contributed by atoms with van der Waals surface area (Å²) in [6.45, 7) is 0.743. The van der Waals surface area contributed by atoms with E-state index in [1.165, 1.54) is 17.6 Å². The molecule has 0 aliphatic carbocycles. The fourth-order valence-electron chi connectivity index (χ4n) is 3.44. The van der Waals surface area contributed by atoms with E-state index in [1.54, 1.807) is 11.3 Å². The van der Waals surface area contributed by atoms with Crippen LogP contribution >= 0.6 is 22.9 Å². The van der Waals surface area contributed by atoms with Crippen LogP contribution in [-0.4, -0.2) is 92.2 Å². The number of carbonyl (C=O) groups excluding carboxylic acids is 1. The van der Waals surface area contributed by atoms with Crippen LogP contribution in [0, 0.1) is 0 Å². The third-order valence-corrected chi connectivity index (χ3v) is 6.70. The number of aliphatic hydroxyl groups is 5. The number of carboxylic acids is 1. The fourth-order valence-corrected chi connectivity index (χ4v) is 4.57. The number of halogens is 1. The Labute approximate surface area is 205 Å². The molecule has 0 spiro atoms. The summed E-state index contributed by atoms with van der Waals surface area (Å²) in [6.07, 6.45) is -6.87. The van der Waals surface area contributed by atoms with Gasteiger partial charge in [-0.05, 0) is 35.1 Å². The second kappa shape index (κ2) is 13.1. The molecule has 12 heteroatoms. The summed E-state index contributed by atoms with van der Waals surface area (Å²) < 4.78 is 5.01. The second-order valence-corrected chi connectivity index (χ2v) is 8.96. The first-order valence-corrected chi connectivity index (χ1v) is 11.6. The zero-order valence-corrected chi connectivity index (χ0v) is 19.9. The third kappa shape index (κ3) is 6.96. The van der Waals surface area contributed by atoms with Crippen molar-refractivity contribution < 1.29 is 45.0 Å². The number of aliphatic carboxylic acids is 1. The van der Waals surface area contributed by atoms with Crippen LogP contribution in [0.5, 0.6) is 0 Å². The van der Waals surface area contributed by atoms with Crippen LogP contribution in [0.4, 0.5) is 0 Å². The van der Waals surface area contributed by atoms with E-state index in [0.29, 0.717) is 5.02 Å². The van der Waals surface area contributed by atoms with Crippen molar-refractivity contribution in [3.63, 3.8) is 0 Å². The van der Waals surface area contributed by atoms with E-state index in [4.69, 9.17) is 47.0 Å². The Morgan fingerprint density at radius 3 is 2.41 bits per heavy atom. The molecule has 0 saturated carbocycles. The number of hydrogen-bond donors (Lipinski definition) is 6. The monoisotopic (exact) mass is 517 g/mol. The first-order valence-electron chi connectivity index (χ1n) is 10.3. The van der Waals surface area contributed by atoms with Gasteiger partial charge in [-0.25, -0.2) is 9.59 Å². The van der Waals surface area contributed by atoms with Gasteiger partial charge >= 0.3 is 11.9 Å². The summed E-state index contributed by atoms with van der Waals surface area (Å²) in [7, 11) is 1.42. The molecule has 0 bridgehead atoms. The molecule has 0 saturated heterocycles. The van der Waals surface area contributed by atoms with Gasteiger partial charge in [-0.15, -0.1) is 11.3 Å². The molecule has 5 atom stereocenters. The molecule has 0 radical (unpaired) electrons. The first-order chi connectivity index (χ1) is 16.1. The summed E-state index contributed by atoms with van der Waals surface area (Å²) in [6, 6.07) is 9.16. The van der Waals surface area contributed by atoms with Crippen LogP contribution < -0.4 is 0 Å². The predicted octanol–water partition coefficient (Wildman–Crippen LogP) is 0.181. The van der Waals surface area contributed by atoms with Gasteiger partial charge in [0.2, 0.25) is 0 Å². The van der Waals surface area contributed by atoms with Crippen molar-refractivity contribution in [3.8, 4) is 0 Å². The number of benzene rings is 1. The van der Waals surface area contributed by atoms with Crippen LogP contribution in [0.25, 0.3) is 0 Å². The summed E-state index contributed by atoms with van der Waals surface area (Å²) in [5, 5.41) is 54.5. The molecule has 2 aromatic rings. The number of thiophene rings is 1. The van der Waals surface area contributed by atoms with E-state index in [0.717, 1.165) is 25.1 Å². The lowest BCUT2D eigenvalue weighted by atomic mass is 10.0.